The van der Waals surface area contributed by atoms with Crippen LogP contribution in [-0.2, 0) is 0 Å². The number of benzene rings is 1. The molecule has 1 fully saturated rings. The van der Waals surface area contributed by atoms with Crippen molar-refractivity contribution in [1.29, 1.82) is 0 Å². The van der Waals surface area contributed by atoms with Gasteiger partial charge in [-0.25, -0.2) is 18.2 Å². The van der Waals surface area contributed by atoms with E-state index < -0.39 is 23.4 Å². The SMILES string of the molecule is N[C@H]1CC[C@@H](NC(=O)c2cc(F)cnc2Oc2ccc(F)c(F)c2)CC1. The van der Waals surface area contributed by atoms with Crippen molar-refractivity contribution in [2.45, 2.75) is 37.8 Å². The van der Waals surface area contributed by atoms with Gasteiger partial charge >= 0.3 is 0 Å². The quantitative estimate of drug-likeness (QED) is 0.872. The number of aromatic nitrogens is 1. The molecule has 1 saturated carbocycles. The first-order valence-electron chi connectivity index (χ1n) is 8.27. The fourth-order valence-corrected chi connectivity index (χ4v) is 2.85. The van der Waals surface area contributed by atoms with E-state index >= 15 is 0 Å². The van der Waals surface area contributed by atoms with Crippen LogP contribution in [0.15, 0.2) is 30.5 Å². The van der Waals surface area contributed by atoms with Crippen molar-refractivity contribution in [3.63, 3.8) is 0 Å². The van der Waals surface area contributed by atoms with Crippen LogP contribution < -0.4 is 15.8 Å². The first kappa shape index (κ1) is 18.2. The number of halogens is 3. The van der Waals surface area contributed by atoms with E-state index in [0.29, 0.717) is 0 Å². The second-order valence-electron chi connectivity index (χ2n) is 6.27. The Bertz CT molecular complexity index is 808. The smallest absolute Gasteiger partial charge is 0.257 e. The topological polar surface area (TPSA) is 77.2 Å². The third-order valence-electron chi connectivity index (χ3n) is 4.28. The van der Waals surface area contributed by atoms with Crippen molar-refractivity contribution >= 4 is 5.91 Å². The zero-order valence-electron chi connectivity index (χ0n) is 13.8. The Labute approximate surface area is 148 Å². The largest absolute Gasteiger partial charge is 0.438 e. The minimum atomic E-state index is -1.10. The number of pyridine rings is 1. The zero-order chi connectivity index (χ0) is 18.7. The third-order valence-corrected chi connectivity index (χ3v) is 4.28. The predicted octanol–water partition coefficient (Wildman–Crippen LogP) is 3.29. The number of hydrogen-bond acceptors (Lipinski definition) is 4. The summed E-state index contributed by atoms with van der Waals surface area (Å²) in [5.74, 6) is -3.64. The van der Waals surface area contributed by atoms with Gasteiger partial charge in [-0.05, 0) is 43.9 Å². The van der Waals surface area contributed by atoms with Crippen molar-refractivity contribution in [2.75, 3.05) is 0 Å². The highest BCUT2D eigenvalue weighted by Crippen LogP contribution is 2.26. The van der Waals surface area contributed by atoms with Gasteiger partial charge in [-0.15, -0.1) is 0 Å². The van der Waals surface area contributed by atoms with Crippen LogP contribution in [0.4, 0.5) is 13.2 Å². The number of nitrogens with two attached hydrogens (primary N) is 1. The van der Waals surface area contributed by atoms with E-state index in [4.69, 9.17) is 10.5 Å². The van der Waals surface area contributed by atoms with Gasteiger partial charge in [0.2, 0.25) is 5.88 Å². The molecule has 0 spiro atoms. The Kier molecular flexibility index (Phi) is 5.41. The number of rotatable bonds is 4. The summed E-state index contributed by atoms with van der Waals surface area (Å²) in [7, 11) is 0. The molecule has 3 N–H and O–H groups in total. The molecule has 2 aromatic rings. The van der Waals surface area contributed by atoms with Gasteiger partial charge in [0.05, 0.1) is 6.20 Å². The second-order valence-corrected chi connectivity index (χ2v) is 6.27. The van der Waals surface area contributed by atoms with Crippen LogP contribution >= 0.6 is 0 Å². The van der Waals surface area contributed by atoms with Crippen molar-refractivity contribution in [2.24, 2.45) is 5.73 Å². The first-order valence-corrected chi connectivity index (χ1v) is 8.27. The standard InChI is InChI=1S/C18H18F3N3O2/c19-10-7-14(17(25)24-12-3-1-11(22)2-4-12)18(23-9-10)26-13-5-6-15(20)16(21)8-13/h5-9,11-12H,1-4,22H2,(H,24,25)/t11-,12+. The summed E-state index contributed by atoms with van der Waals surface area (Å²) in [4.78, 5) is 16.3. The van der Waals surface area contributed by atoms with Gasteiger partial charge in [-0.1, -0.05) is 0 Å². The van der Waals surface area contributed by atoms with Gasteiger partial charge < -0.3 is 15.8 Å². The number of hydrogen-bond donors (Lipinski definition) is 2. The molecule has 0 radical (unpaired) electrons. The third kappa shape index (κ3) is 4.32. The fourth-order valence-electron chi connectivity index (χ4n) is 2.85. The predicted molar refractivity (Wildman–Crippen MR) is 88.3 cm³/mol. The summed E-state index contributed by atoms with van der Waals surface area (Å²) in [6.07, 6.45) is 3.94. The molecule has 0 aliphatic heterocycles. The second kappa shape index (κ2) is 7.74. The van der Waals surface area contributed by atoms with Gasteiger partial charge in [0.15, 0.2) is 11.6 Å². The minimum Gasteiger partial charge on any atom is -0.438 e. The van der Waals surface area contributed by atoms with Gasteiger partial charge in [-0.2, -0.15) is 0 Å². The maximum absolute atomic E-state index is 13.6. The highest BCUT2D eigenvalue weighted by atomic mass is 19.2. The molecular weight excluding hydrogens is 347 g/mol. The molecule has 1 aromatic carbocycles. The minimum absolute atomic E-state index is 0.0549. The summed E-state index contributed by atoms with van der Waals surface area (Å²) < 4.78 is 45.3. The molecule has 3 rings (SSSR count). The molecule has 0 saturated heterocycles. The molecule has 1 amide bonds. The molecule has 1 aromatic heterocycles. The Hall–Kier alpha value is -2.61. The maximum Gasteiger partial charge on any atom is 0.257 e. The Morgan fingerprint density at radius 1 is 1.12 bits per heavy atom. The molecule has 8 heteroatoms. The van der Waals surface area contributed by atoms with Crippen LogP contribution in [0, 0.1) is 17.5 Å². The number of amides is 1. The van der Waals surface area contributed by atoms with Gasteiger partial charge in [0.1, 0.15) is 17.1 Å². The normalized spacial score (nSPS) is 19.8. The number of nitrogens with one attached hydrogen (secondary N) is 1. The summed E-state index contributed by atoms with van der Waals surface area (Å²) in [6.45, 7) is 0. The van der Waals surface area contributed by atoms with E-state index in [1.54, 1.807) is 0 Å². The summed E-state index contributed by atoms with van der Waals surface area (Å²) in [5, 5.41) is 2.81. The molecule has 1 heterocycles. The Morgan fingerprint density at radius 3 is 2.54 bits per heavy atom. The van der Waals surface area contributed by atoms with Crippen LogP contribution in [0.3, 0.4) is 0 Å². The van der Waals surface area contributed by atoms with Crippen LogP contribution in [0.5, 0.6) is 11.6 Å². The molecule has 5 nitrogen and oxygen atoms in total. The van der Waals surface area contributed by atoms with Crippen LogP contribution in [0.2, 0.25) is 0 Å². The van der Waals surface area contributed by atoms with Crippen LogP contribution in [0.1, 0.15) is 36.0 Å². The molecule has 0 unspecified atom stereocenters. The van der Waals surface area contributed by atoms with E-state index in [1.165, 1.54) is 6.07 Å². The Balaban J connectivity index is 1.78. The van der Waals surface area contributed by atoms with E-state index in [0.717, 1.165) is 50.1 Å². The molecular formula is C18H18F3N3O2. The molecule has 0 bridgehead atoms. The van der Waals surface area contributed by atoms with E-state index in [2.05, 4.69) is 10.3 Å². The van der Waals surface area contributed by atoms with E-state index in [-0.39, 0.29) is 29.3 Å². The summed E-state index contributed by atoms with van der Waals surface area (Å²) in [5.41, 5.74) is 5.72. The van der Waals surface area contributed by atoms with E-state index in [1.807, 2.05) is 0 Å². The molecule has 1 aliphatic carbocycles. The number of carbonyl (C=O) groups excluding carboxylic acids is 1. The van der Waals surface area contributed by atoms with Gasteiger partial charge in [0, 0.05) is 18.2 Å². The van der Waals surface area contributed by atoms with Crippen molar-refractivity contribution in [3.05, 3.63) is 53.5 Å². The lowest BCUT2D eigenvalue weighted by atomic mass is 9.91. The molecule has 26 heavy (non-hydrogen) atoms. The summed E-state index contributed by atoms with van der Waals surface area (Å²) in [6, 6.07) is 3.96. The number of nitrogens with zero attached hydrogens (tertiary/aromatic N) is 1. The lowest BCUT2D eigenvalue weighted by Gasteiger charge is -2.26. The lowest BCUT2D eigenvalue weighted by molar-refractivity contribution is 0.0922. The monoisotopic (exact) mass is 365 g/mol. The van der Waals surface area contributed by atoms with Crippen molar-refractivity contribution in [3.8, 4) is 11.6 Å². The molecule has 1 aliphatic rings. The van der Waals surface area contributed by atoms with Gasteiger partial charge in [0.25, 0.3) is 5.91 Å². The average molecular weight is 365 g/mol. The lowest BCUT2D eigenvalue weighted by Crippen LogP contribution is -2.40. The zero-order valence-corrected chi connectivity index (χ0v) is 13.8. The van der Waals surface area contributed by atoms with Crippen LogP contribution in [-0.4, -0.2) is 23.0 Å². The number of ether oxygens (including phenoxy) is 1. The van der Waals surface area contributed by atoms with Crippen LogP contribution in [0.25, 0.3) is 0 Å². The first-order chi connectivity index (χ1) is 12.4. The molecule has 138 valence electrons. The molecule has 0 atom stereocenters. The van der Waals surface area contributed by atoms with E-state index in [9.17, 15) is 18.0 Å². The fraction of sp³-hybridized carbons (Fsp3) is 0.333. The van der Waals surface area contributed by atoms with Crippen molar-refractivity contribution < 1.29 is 22.7 Å². The van der Waals surface area contributed by atoms with Crippen molar-refractivity contribution in [1.82, 2.24) is 10.3 Å². The number of carbonyl (C=O) groups is 1. The summed E-state index contributed by atoms with van der Waals surface area (Å²) >= 11 is 0. The average Bonchev–Trinajstić information content (AvgIpc) is 2.61. The van der Waals surface area contributed by atoms with Gasteiger partial charge in [-0.3, -0.25) is 4.79 Å². The Morgan fingerprint density at radius 2 is 1.85 bits per heavy atom. The maximum atomic E-state index is 13.6. The highest BCUT2D eigenvalue weighted by Gasteiger charge is 2.23. The highest BCUT2D eigenvalue weighted by molar-refractivity contribution is 5.96.